The van der Waals surface area contributed by atoms with E-state index in [2.05, 4.69) is 74.5 Å². The molecule has 0 atom stereocenters. The van der Waals surface area contributed by atoms with E-state index in [0.29, 0.717) is 0 Å². The summed E-state index contributed by atoms with van der Waals surface area (Å²) in [5.41, 5.74) is 5.82. The van der Waals surface area contributed by atoms with Gasteiger partial charge in [0, 0.05) is 27.7 Å². The number of rotatable bonds is 10. The first-order chi connectivity index (χ1) is 38.6. The molecule has 0 N–H and O–H groups in total. The quantitative estimate of drug-likeness (QED) is 0.128. The molecular formula is C74H68O5. The van der Waals surface area contributed by atoms with Gasteiger partial charge in [-0.2, -0.15) is 0 Å². The van der Waals surface area contributed by atoms with Crippen LogP contribution in [-0.4, -0.2) is 17.3 Å². The van der Waals surface area contributed by atoms with E-state index in [1.54, 1.807) is 13.8 Å². The van der Waals surface area contributed by atoms with Crippen LogP contribution in [0.15, 0.2) is 340 Å². The van der Waals surface area contributed by atoms with Crippen LogP contribution in [0.4, 0.5) is 0 Å². The van der Waals surface area contributed by atoms with Crippen molar-refractivity contribution in [3.63, 3.8) is 0 Å². The fraction of sp³-hybridized carbons (Fsp3) is 0.0676. The first-order valence-electron chi connectivity index (χ1n) is 26.0. The number of ketones is 3. The fourth-order valence-electron chi connectivity index (χ4n) is 7.16. The van der Waals surface area contributed by atoms with Gasteiger partial charge in [0.2, 0.25) is 0 Å². The summed E-state index contributed by atoms with van der Waals surface area (Å²) in [5, 5.41) is 0. The molecule has 5 heteroatoms. The molecule has 0 amide bonds. The Kier molecular flexibility index (Phi) is 26.8. The molecule has 0 aliphatic heterocycles. The van der Waals surface area contributed by atoms with Gasteiger partial charge in [-0.25, -0.2) is 0 Å². The molecule has 11 aromatic rings. The lowest BCUT2D eigenvalue weighted by Crippen LogP contribution is -2.18. The third kappa shape index (κ3) is 23.6. The van der Waals surface area contributed by atoms with Crippen molar-refractivity contribution in [1.82, 2.24) is 0 Å². The number of carbonyl (C=O) groups is 3. The van der Waals surface area contributed by atoms with Gasteiger partial charge in [0.1, 0.15) is 23.0 Å². The Hall–Kier alpha value is -9.97. The Balaban J connectivity index is 0.000000176. The van der Waals surface area contributed by atoms with Crippen molar-refractivity contribution in [2.45, 2.75) is 33.1 Å². The molecule has 79 heavy (non-hydrogen) atoms. The highest BCUT2D eigenvalue weighted by Gasteiger charge is 2.22. The molecule has 0 heterocycles. The number of hydrogen-bond donors (Lipinski definition) is 0. The zero-order valence-corrected chi connectivity index (χ0v) is 45.4. The van der Waals surface area contributed by atoms with Gasteiger partial charge in [-0.05, 0) is 73.5 Å². The fourth-order valence-corrected chi connectivity index (χ4v) is 7.16. The zero-order valence-electron chi connectivity index (χ0n) is 45.4. The minimum Gasteiger partial charge on any atom is -0.457 e. The summed E-state index contributed by atoms with van der Waals surface area (Å²) in [5.74, 6) is 3.54. The third-order valence-electron chi connectivity index (χ3n) is 11.5. The molecule has 0 aliphatic rings. The highest BCUT2D eigenvalue weighted by Crippen LogP contribution is 2.31. The van der Waals surface area contributed by atoms with Gasteiger partial charge in [0.15, 0.2) is 17.3 Å². The normalized spacial score (nSPS) is 9.67. The summed E-state index contributed by atoms with van der Waals surface area (Å²) < 4.78 is 11.5. The molecule has 0 bridgehead atoms. The molecule has 5 nitrogen and oxygen atoms in total. The summed E-state index contributed by atoms with van der Waals surface area (Å²) in [6, 6.07) is 109. The topological polar surface area (TPSA) is 69.7 Å². The van der Waals surface area contributed by atoms with Gasteiger partial charge >= 0.3 is 0 Å². The van der Waals surface area contributed by atoms with Crippen LogP contribution in [0.25, 0.3) is 0 Å². The summed E-state index contributed by atoms with van der Waals surface area (Å²) in [4.78, 5) is 33.1. The first-order valence-corrected chi connectivity index (χ1v) is 26.0. The van der Waals surface area contributed by atoms with Gasteiger partial charge < -0.3 is 9.47 Å². The lowest BCUT2D eigenvalue weighted by atomic mass is 9.78. The van der Waals surface area contributed by atoms with Crippen LogP contribution in [0.1, 0.15) is 75.5 Å². The molecule has 0 spiro atoms. The van der Waals surface area contributed by atoms with Crippen molar-refractivity contribution in [2.24, 2.45) is 0 Å². The molecule has 0 aliphatic carbocycles. The maximum absolute atomic E-state index is 11.8. The maximum atomic E-state index is 11.8. The highest BCUT2D eigenvalue weighted by molar-refractivity contribution is 6.08. The number of hydrogen-bond acceptors (Lipinski definition) is 5. The second kappa shape index (κ2) is 35.3. The van der Waals surface area contributed by atoms with E-state index in [1.165, 1.54) is 11.1 Å². The summed E-state index contributed by atoms with van der Waals surface area (Å²) in [6.07, 6.45) is 0. The van der Waals surface area contributed by atoms with E-state index < -0.39 is 0 Å². The second-order valence-corrected chi connectivity index (χ2v) is 17.9. The minimum absolute atomic E-state index is 0.0752. The van der Waals surface area contributed by atoms with Gasteiger partial charge in [-0.15, -0.1) is 0 Å². The first kappa shape index (κ1) is 59.9. The van der Waals surface area contributed by atoms with Crippen molar-refractivity contribution in [3.05, 3.63) is 373 Å². The van der Waals surface area contributed by atoms with E-state index in [9.17, 15) is 14.4 Å². The number of ether oxygens (including phenoxy) is 2. The largest absolute Gasteiger partial charge is 0.457 e. The molecule has 0 fully saturated rings. The molecule has 394 valence electrons. The molecule has 0 saturated heterocycles. The van der Waals surface area contributed by atoms with Crippen LogP contribution < -0.4 is 9.47 Å². The summed E-state index contributed by atoms with van der Waals surface area (Å²) >= 11 is 0. The monoisotopic (exact) mass is 1040 g/mol. The van der Waals surface area contributed by atoms with Crippen LogP contribution in [0, 0.1) is 0 Å². The molecule has 11 aromatic carbocycles. The number of Topliss-reactive ketones (excluding diaryl/α,β-unsaturated/α-hetero) is 2. The maximum Gasteiger partial charge on any atom is 0.193 e. The second-order valence-electron chi connectivity index (χ2n) is 17.9. The molecule has 11 rings (SSSR count). The molecule has 0 radical (unpaired) electrons. The van der Waals surface area contributed by atoms with Crippen LogP contribution in [0.3, 0.4) is 0 Å². The van der Waals surface area contributed by atoms with Crippen LogP contribution in [0.2, 0.25) is 0 Å². The summed E-state index contributed by atoms with van der Waals surface area (Å²) in [6.45, 7) is 7.65. The van der Waals surface area contributed by atoms with E-state index in [1.807, 2.05) is 279 Å². The van der Waals surface area contributed by atoms with Crippen molar-refractivity contribution >= 4 is 17.3 Å². The minimum atomic E-state index is 0.0752. The van der Waals surface area contributed by atoms with E-state index in [4.69, 9.17) is 9.47 Å². The number of para-hydroxylation sites is 2. The van der Waals surface area contributed by atoms with Crippen molar-refractivity contribution < 1.29 is 23.9 Å². The predicted octanol–water partition coefficient (Wildman–Crippen LogP) is 19.4. The van der Waals surface area contributed by atoms with E-state index in [-0.39, 0.29) is 22.8 Å². The lowest BCUT2D eigenvalue weighted by Gasteiger charge is -2.25. The van der Waals surface area contributed by atoms with Crippen LogP contribution in [0.5, 0.6) is 23.0 Å². The number of carbonyl (C=O) groups excluding carboxylic acids is 3. The zero-order chi connectivity index (χ0) is 56.0. The standard InChI is InChI=1S/C18H14O2.C15H16.C13H10O.2C8H8O.2C6H6/c1-3-7-15(8-4-1)19-17-11-13-18(14-12-17)20-16-9-5-2-6-10-16;1-15(2,13-9-5-3-6-10-13)14-11-7-4-8-12-14;14-13(11-7-3-1-4-8-11)12-9-5-2-6-10-12;2*1-7(9)8-5-3-2-4-6-8;2*1-2-4-6-5-3-1/h1-14H;3-12H,1-2H3;1-10H;2*2-6H,1H3;2*1-6H. The molecule has 0 unspecified atom stereocenters. The summed E-state index contributed by atoms with van der Waals surface area (Å²) in [7, 11) is 0. The van der Waals surface area contributed by atoms with E-state index >= 15 is 0 Å². The predicted molar refractivity (Wildman–Crippen MR) is 327 cm³/mol. The Labute approximate surface area is 468 Å². The Bertz CT molecular complexity index is 3010. The number of benzene rings is 11. The van der Waals surface area contributed by atoms with Gasteiger partial charge in [-0.3, -0.25) is 14.4 Å². The molecule has 0 aromatic heterocycles. The SMILES string of the molecule is CC(=O)c1ccccc1.CC(=O)c1ccccc1.CC(C)(c1ccccc1)c1ccccc1.O=C(c1ccccc1)c1ccccc1.c1ccc(Oc2ccc(Oc3ccccc3)cc2)cc1.c1ccccc1.c1ccccc1. The van der Waals surface area contributed by atoms with Crippen molar-refractivity contribution in [2.75, 3.05) is 0 Å². The van der Waals surface area contributed by atoms with E-state index in [0.717, 1.165) is 45.3 Å². The Morgan fingerprint density at radius 3 is 0.633 bits per heavy atom. The van der Waals surface area contributed by atoms with Gasteiger partial charge in [-0.1, -0.05) is 305 Å². The average Bonchev–Trinajstić information content (AvgIpc) is 3.53. The molecular weight excluding hydrogens is 969 g/mol. The van der Waals surface area contributed by atoms with Gasteiger partial charge in [0.25, 0.3) is 0 Å². The average molecular weight is 1040 g/mol. The van der Waals surface area contributed by atoms with Crippen molar-refractivity contribution in [3.8, 4) is 23.0 Å². The highest BCUT2D eigenvalue weighted by atomic mass is 16.5. The third-order valence-corrected chi connectivity index (χ3v) is 11.5. The van der Waals surface area contributed by atoms with Crippen molar-refractivity contribution in [1.29, 1.82) is 0 Å². The van der Waals surface area contributed by atoms with Crippen LogP contribution >= 0.6 is 0 Å². The van der Waals surface area contributed by atoms with Gasteiger partial charge in [0.05, 0.1) is 0 Å². The van der Waals surface area contributed by atoms with Crippen LogP contribution in [-0.2, 0) is 5.41 Å². The smallest absolute Gasteiger partial charge is 0.193 e. The Morgan fingerprint density at radius 2 is 0.418 bits per heavy atom. The lowest BCUT2D eigenvalue weighted by molar-refractivity contribution is 0.100. The Morgan fingerprint density at radius 1 is 0.241 bits per heavy atom. The molecule has 0 saturated carbocycles.